The molecule has 1 heterocycles. The summed E-state index contributed by atoms with van der Waals surface area (Å²) in [6.07, 6.45) is 2.47. The molecule has 0 radical (unpaired) electrons. The largest absolute Gasteiger partial charge is 0.483 e. The van der Waals surface area contributed by atoms with Gasteiger partial charge in [0.2, 0.25) is 0 Å². The molecule has 7 heteroatoms. The number of rotatable bonds is 10. The van der Waals surface area contributed by atoms with Crippen LogP contribution in [0.15, 0.2) is 42.1 Å². The van der Waals surface area contributed by atoms with Crippen LogP contribution in [0, 0.1) is 0 Å². The maximum absolute atomic E-state index is 11.6. The number of nitrogens with zero attached hydrogens (tertiary/aromatic N) is 3. The van der Waals surface area contributed by atoms with E-state index in [0.717, 1.165) is 12.2 Å². The third kappa shape index (κ3) is 5.36. The van der Waals surface area contributed by atoms with Crippen molar-refractivity contribution in [3.63, 3.8) is 0 Å². The molecule has 0 saturated heterocycles. The van der Waals surface area contributed by atoms with Gasteiger partial charge in [0.15, 0.2) is 17.1 Å². The van der Waals surface area contributed by atoms with E-state index in [1.54, 1.807) is 13.0 Å². The maximum atomic E-state index is 11.6. The Balaban J connectivity index is 2.11. The quantitative estimate of drug-likeness (QED) is 0.357. The van der Waals surface area contributed by atoms with E-state index in [4.69, 9.17) is 9.47 Å². The Hall–Kier alpha value is -2.28. The van der Waals surface area contributed by atoms with Crippen molar-refractivity contribution in [2.75, 3.05) is 12.4 Å². The summed E-state index contributed by atoms with van der Waals surface area (Å²) in [7, 11) is 0. The number of carbonyl (C=O) groups is 1. The van der Waals surface area contributed by atoms with Crippen LogP contribution in [0.4, 0.5) is 0 Å². The molecule has 0 aliphatic rings. The molecule has 0 fully saturated rings. The minimum atomic E-state index is -0.285. The number of aryl methyl sites for hydroxylation is 1. The molecule has 26 heavy (non-hydrogen) atoms. The predicted octanol–water partition coefficient (Wildman–Crippen LogP) is 3.82. The van der Waals surface area contributed by atoms with E-state index in [-0.39, 0.29) is 17.8 Å². The summed E-state index contributed by atoms with van der Waals surface area (Å²) in [5.41, 5.74) is 1.26. The Morgan fingerprint density at radius 3 is 2.65 bits per heavy atom. The van der Waals surface area contributed by atoms with Crippen LogP contribution < -0.4 is 4.74 Å². The lowest BCUT2D eigenvalue weighted by atomic mass is 10.2. The van der Waals surface area contributed by atoms with Crippen molar-refractivity contribution in [3.8, 4) is 5.75 Å². The van der Waals surface area contributed by atoms with Gasteiger partial charge in [0.05, 0.1) is 12.4 Å². The lowest BCUT2D eigenvalue weighted by molar-refractivity contribution is -0.139. The topological polar surface area (TPSA) is 66.2 Å². The average molecular weight is 375 g/mol. The average Bonchev–Trinajstić information content (AvgIpc) is 3.04. The van der Waals surface area contributed by atoms with Gasteiger partial charge in [-0.05, 0) is 38.0 Å². The second-order valence-electron chi connectivity index (χ2n) is 5.59. The van der Waals surface area contributed by atoms with Gasteiger partial charge in [0, 0.05) is 6.54 Å². The van der Waals surface area contributed by atoms with Crippen molar-refractivity contribution < 1.29 is 14.3 Å². The molecule has 0 N–H and O–H groups in total. The maximum Gasteiger partial charge on any atom is 0.316 e. The van der Waals surface area contributed by atoms with Crippen molar-refractivity contribution in [1.82, 2.24) is 14.8 Å². The summed E-state index contributed by atoms with van der Waals surface area (Å²) in [6, 6.07) is 8.02. The number of esters is 1. The van der Waals surface area contributed by atoms with Gasteiger partial charge in [-0.3, -0.25) is 9.36 Å². The minimum absolute atomic E-state index is 0.191. The lowest BCUT2D eigenvalue weighted by Crippen LogP contribution is -2.13. The summed E-state index contributed by atoms with van der Waals surface area (Å²) >= 11 is 1.30. The molecule has 2 rings (SSSR count). The van der Waals surface area contributed by atoms with Crippen molar-refractivity contribution >= 4 is 17.7 Å². The first-order valence-electron chi connectivity index (χ1n) is 8.67. The Kier molecular flexibility index (Phi) is 7.72. The molecule has 0 aliphatic carbocycles. The number of benzene rings is 1. The first kappa shape index (κ1) is 20.0. The Morgan fingerprint density at radius 2 is 2.04 bits per heavy atom. The van der Waals surface area contributed by atoms with Crippen LogP contribution in [0.3, 0.4) is 0 Å². The van der Waals surface area contributed by atoms with Crippen LogP contribution in [0.1, 0.15) is 38.3 Å². The van der Waals surface area contributed by atoms with Gasteiger partial charge in [0.25, 0.3) is 0 Å². The third-order valence-electron chi connectivity index (χ3n) is 3.69. The molecule has 140 valence electrons. The summed E-state index contributed by atoms with van der Waals surface area (Å²) < 4.78 is 12.9. The molecule has 0 bridgehead atoms. The van der Waals surface area contributed by atoms with E-state index >= 15 is 0 Å². The van der Waals surface area contributed by atoms with Gasteiger partial charge in [-0.15, -0.1) is 16.8 Å². The van der Waals surface area contributed by atoms with Crippen molar-refractivity contribution in [3.05, 3.63) is 48.3 Å². The van der Waals surface area contributed by atoms with E-state index < -0.39 is 0 Å². The molecule has 0 amide bonds. The van der Waals surface area contributed by atoms with Crippen LogP contribution >= 0.6 is 11.8 Å². The van der Waals surface area contributed by atoms with Crippen molar-refractivity contribution in [2.45, 2.75) is 45.0 Å². The van der Waals surface area contributed by atoms with Gasteiger partial charge in [0.1, 0.15) is 5.75 Å². The molecule has 0 saturated carbocycles. The Labute approximate surface area is 158 Å². The standard InChI is InChI=1S/C19H25N3O3S/c1-5-12-22-18(20-21-19(22)26-13-17(23)24-7-3)14(4)25-16-10-8-15(6-2)9-11-16/h5,8-11,14H,1,6-7,12-13H2,2-4H3. The number of aromatic nitrogens is 3. The first-order chi connectivity index (χ1) is 12.6. The zero-order valence-electron chi connectivity index (χ0n) is 15.5. The highest BCUT2D eigenvalue weighted by molar-refractivity contribution is 7.99. The highest BCUT2D eigenvalue weighted by Gasteiger charge is 2.20. The molecule has 1 atom stereocenters. The van der Waals surface area contributed by atoms with Crippen LogP contribution in [-0.4, -0.2) is 33.1 Å². The van der Waals surface area contributed by atoms with E-state index in [1.165, 1.54) is 17.3 Å². The first-order valence-corrected chi connectivity index (χ1v) is 9.65. The lowest BCUT2D eigenvalue weighted by Gasteiger charge is -2.16. The normalized spacial score (nSPS) is 11.8. The number of hydrogen-bond acceptors (Lipinski definition) is 6. The summed E-state index contributed by atoms with van der Waals surface area (Å²) in [5, 5.41) is 9.10. The minimum Gasteiger partial charge on any atom is -0.483 e. The molecule has 0 aliphatic heterocycles. The molecule has 1 aromatic carbocycles. The monoisotopic (exact) mass is 375 g/mol. The molecular formula is C19H25N3O3S. The molecule has 6 nitrogen and oxygen atoms in total. The highest BCUT2D eigenvalue weighted by Crippen LogP contribution is 2.25. The summed E-state index contributed by atoms with van der Waals surface area (Å²) in [4.78, 5) is 11.6. The van der Waals surface area contributed by atoms with Gasteiger partial charge in [-0.2, -0.15) is 0 Å². The second kappa shape index (κ2) is 10.0. The van der Waals surface area contributed by atoms with Gasteiger partial charge >= 0.3 is 5.97 Å². The number of ether oxygens (including phenoxy) is 2. The predicted molar refractivity (Wildman–Crippen MR) is 102 cm³/mol. The number of hydrogen-bond donors (Lipinski definition) is 0. The molecule has 0 spiro atoms. The van der Waals surface area contributed by atoms with E-state index in [2.05, 4.69) is 35.8 Å². The summed E-state index contributed by atoms with van der Waals surface area (Å²) in [6.45, 7) is 10.5. The van der Waals surface area contributed by atoms with Crippen LogP contribution in [0.2, 0.25) is 0 Å². The summed E-state index contributed by atoms with van der Waals surface area (Å²) in [5.74, 6) is 1.39. The van der Waals surface area contributed by atoms with E-state index in [1.807, 2.05) is 23.6 Å². The fraction of sp³-hybridized carbons (Fsp3) is 0.421. The van der Waals surface area contributed by atoms with Crippen LogP contribution in [-0.2, 0) is 22.5 Å². The Morgan fingerprint density at radius 1 is 1.31 bits per heavy atom. The SMILES string of the molecule is C=CCn1c(SCC(=O)OCC)nnc1C(C)Oc1ccc(CC)cc1. The third-order valence-corrected chi connectivity index (χ3v) is 4.63. The van der Waals surface area contributed by atoms with E-state index in [0.29, 0.717) is 24.1 Å². The zero-order valence-corrected chi connectivity index (χ0v) is 16.3. The molecule has 1 unspecified atom stereocenters. The number of allylic oxidation sites excluding steroid dienone is 1. The van der Waals surface area contributed by atoms with Crippen LogP contribution in [0.25, 0.3) is 0 Å². The fourth-order valence-corrected chi connectivity index (χ4v) is 3.15. The van der Waals surface area contributed by atoms with Gasteiger partial charge in [-0.25, -0.2) is 0 Å². The van der Waals surface area contributed by atoms with Gasteiger partial charge < -0.3 is 9.47 Å². The van der Waals surface area contributed by atoms with Crippen molar-refractivity contribution in [1.29, 1.82) is 0 Å². The molecule has 1 aromatic heterocycles. The Bertz CT molecular complexity index is 728. The zero-order chi connectivity index (χ0) is 18.9. The van der Waals surface area contributed by atoms with E-state index in [9.17, 15) is 4.79 Å². The number of thioether (sulfide) groups is 1. The molecular weight excluding hydrogens is 350 g/mol. The second-order valence-corrected chi connectivity index (χ2v) is 6.53. The van der Waals surface area contributed by atoms with Crippen molar-refractivity contribution in [2.24, 2.45) is 0 Å². The fourth-order valence-electron chi connectivity index (χ4n) is 2.39. The van der Waals surface area contributed by atoms with Crippen LogP contribution in [0.5, 0.6) is 5.75 Å². The van der Waals surface area contributed by atoms with Gasteiger partial charge in [-0.1, -0.05) is 36.9 Å². The highest BCUT2D eigenvalue weighted by atomic mass is 32.2. The molecule has 2 aromatic rings. The smallest absolute Gasteiger partial charge is 0.316 e. The number of carbonyl (C=O) groups excluding carboxylic acids is 1.